The molecule has 0 N–H and O–H groups in total. The minimum Gasteiger partial charge on any atom is -0.261 e. The summed E-state index contributed by atoms with van der Waals surface area (Å²) in [5.74, 6) is 0. The summed E-state index contributed by atoms with van der Waals surface area (Å²) in [4.78, 5) is 9.20. The van der Waals surface area contributed by atoms with Crippen LogP contribution >= 0.6 is 0 Å². The van der Waals surface area contributed by atoms with Gasteiger partial charge in [-0.2, -0.15) is 0 Å². The molecule has 0 aliphatic rings. The van der Waals surface area contributed by atoms with Gasteiger partial charge in [0, 0.05) is 11.9 Å². The molecule has 2 nitrogen and oxygen atoms in total. The highest BCUT2D eigenvalue weighted by Crippen LogP contribution is 2.23. The summed E-state index contributed by atoms with van der Waals surface area (Å²) in [7, 11) is 0. The highest BCUT2D eigenvalue weighted by Gasteiger charge is 2.00. The summed E-state index contributed by atoms with van der Waals surface area (Å²) in [6, 6.07) is 16.3. The molecule has 0 amide bonds. The van der Waals surface area contributed by atoms with Gasteiger partial charge in [-0.1, -0.05) is 36.4 Å². The van der Waals surface area contributed by atoms with E-state index in [4.69, 9.17) is 4.99 Å². The molecule has 2 aromatic carbocycles. The molecule has 21 heavy (non-hydrogen) atoms. The van der Waals surface area contributed by atoms with Crippen molar-refractivity contribution < 1.29 is 0 Å². The molecule has 0 radical (unpaired) electrons. The van der Waals surface area contributed by atoms with E-state index in [1.165, 1.54) is 11.1 Å². The van der Waals surface area contributed by atoms with Gasteiger partial charge < -0.3 is 0 Å². The van der Waals surface area contributed by atoms with E-state index in [2.05, 4.69) is 44.0 Å². The SMILES string of the molecule is CC(CCC=Nc1ccccc1)=Nc1c(C)cccc1C. The first-order valence-corrected chi connectivity index (χ1v) is 7.35. The molecule has 0 aliphatic heterocycles. The summed E-state index contributed by atoms with van der Waals surface area (Å²) < 4.78 is 0. The second-order valence-corrected chi connectivity index (χ2v) is 5.27. The van der Waals surface area contributed by atoms with Gasteiger partial charge in [0.2, 0.25) is 0 Å². The quantitative estimate of drug-likeness (QED) is 0.638. The number of aryl methyl sites for hydroxylation is 2. The van der Waals surface area contributed by atoms with Gasteiger partial charge in [-0.15, -0.1) is 0 Å². The number of benzene rings is 2. The molecule has 0 bridgehead atoms. The second-order valence-electron chi connectivity index (χ2n) is 5.27. The van der Waals surface area contributed by atoms with Crippen LogP contribution in [0.2, 0.25) is 0 Å². The summed E-state index contributed by atoms with van der Waals surface area (Å²) in [6.07, 6.45) is 3.82. The highest BCUT2D eigenvalue weighted by molar-refractivity contribution is 5.87. The van der Waals surface area contributed by atoms with Crippen molar-refractivity contribution >= 4 is 23.3 Å². The molecular formula is C19H22N2. The molecular weight excluding hydrogens is 256 g/mol. The lowest BCUT2D eigenvalue weighted by Gasteiger charge is -2.05. The van der Waals surface area contributed by atoms with E-state index in [1.807, 2.05) is 36.5 Å². The molecule has 0 saturated carbocycles. The lowest BCUT2D eigenvalue weighted by molar-refractivity contribution is 1.14. The number of para-hydroxylation sites is 2. The number of nitrogens with zero attached hydrogens (tertiary/aromatic N) is 2. The third-order valence-electron chi connectivity index (χ3n) is 3.37. The van der Waals surface area contributed by atoms with Crippen LogP contribution in [0.15, 0.2) is 58.5 Å². The minimum absolute atomic E-state index is 0.912. The van der Waals surface area contributed by atoms with Crippen LogP contribution in [0, 0.1) is 13.8 Å². The zero-order valence-electron chi connectivity index (χ0n) is 13.0. The Bertz CT molecular complexity index is 620. The van der Waals surface area contributed by atoms with Crippen LogP contribution in [-0.4, -0.2) is 11.9 Å². The Labute approximate surface area is 127 Å². The van der Waals surface area contributed by atoms with E-state index < -0.39 is 0 Å². The Morgan fingerprint density at radius 2 is 1.62 bits per heavy atom. The first-order chi connectivity index (χ1) is 10.2. The van der Waals surface area contributed by atoms with E-state index in [0.717, 1.165) is 29.9 Å². The van der Waals surface area contributed by atoms with Gasteiger partial charge in [0.15, 0.2) is 0 Å². The van der Waals surface area contributed by atoms with Crippen molar-refractivity contribution in [1.29, 1.82) is 0 Å². The monoisotopic (exact) mass is 278 g/mol. The Kier molecular flexibility index (Phi) is 5.44. The molecule has 2 rings (SSSR count). The molecule has 0 saturated heterocycles. The lowest BCUT2D eigenvalue weighted by Crippen LogP contribution is -1.92. The lowest BCUT2D eigenvalue weighted by atomic mass is 10.1. The van der Waals surface area contributed by atoms with Crippen LogP contribution in [0.25, 0.3) is 0 Å². The van der Waals surface area contributed by atoms with Gasteiger partial charge in [0.25, 0.3) is 0 Å². The fourth-order valence-corrected chi connectivity index (χ4v) is 2.19. The minimum atomic E-state index is 0.912. The van der Waals surface area contributed by atoms with Crippen LogP contribution in [0.5, 0.6) is 0 Å². The van der Waals surface area contributed by atoms with Gasteiger partial charge >= 0.3 is 0 Å². The average molecular weight is 278 g/mol. The number of hydrogen-bond donors (Lipinski definition) is 0. The molecule has 0 atom stereocenters. The van der Waals surface area contributed by atoms with E-state index in [1.54, 1.807) is 0 Å². The predicted octanol–water partition coefficient (Wildman–Crippen LogP) is 5.58. The maximum Gasteiger partial charge on any atom is 0.0687 e. The molecule has 0 unspecified atom stereocenters. The zero-order chi connectivity index (χ0) is 15.1. The smallest absolute Gasteiger partial charge is 0.0687 e. The molecule has 2 heteroatoms. The Hall–Kier alpha value is -2.22. The Morgan fingerprint density at radius 1 is 0.952 bits per heavy atom. The third kappa shape index (κ3) is 4.67. The molecule has 108 valence electrons. The van der Waals surface area contributed by atoms with Crippen molar-refractivity contribution in [2.45, 2.75) is 33.6 Å². The Balaban J connectivity index is 1.94. The summed E-state index contributed by atoms with van der Waals surface area (Å²) in [5.41, 5.74) is 5.71. The largest absolute Gasteiger partial charge is 0.261 e. The van der Waals surface area contributed by atoms with E-state index in [9.17, 15) is 0 Å². The second kappa shape index (κ2) is 7.53. The average Bonchev–Trinajstić information content (AvgIpc) is 2.49. The normalized spacial score (nSPS) is 12.0. The fourth-order valence-electron chi connectivity index (χ4n) is 2.19. The summed E-state index contributed by atoms with van der Waals surface area (Å²) >= 11 is 0. The molecule has 0 aromatic heterocycles. The zero-order valence-corrected chi connectivity index (χ0v) is 13.0. The van der Waals surface area contributed by atoms with Gasteiger partial charge in [0.05, 0.1) is 11.4 Å². The number of rotatable bonds is 5. The van der Waals surface area contributed by atoms with Crippen molar-refractivity contribution in [3.05, 3.63) is 59.7 Å². The van der Waals surface area contributed by atoms with Crippen LogP contribution in [0.4, 0.5) is 11.4 Å². The van der Waals surface area contributed by atoms with Gasteiger partial charge in [-0.3, -0.25) is 9.98 Å². The number of aliphatic imine (C=N–C) groups is 2. The van der Waals surface area contributed by atoms with Crippen molar-refractivity contribution in [1.82, 2.24) is 0 Å². The van der Waals surface area contributed by atoms with Crippen molar-refractivity contribution in [2.75, 3.05) is 0 Å². The molecule has 0 heterocycles. The van der Waals surface area contributed by atoms with E-state index >= 15 is 0 Å². The first kappa shape index (κ1) is 15.2. The predicted molar refractivity (Wildman–Crippen MR) is 92.5 cm³/mol. The van der Waals surface area contributed by atoms with Crippen molar-refractivity contribution in [3.63, 3.8) is 0 Å². The van der Waals surface area contributed by atoms with Crippen LogP contribution in [0.3, 0.4) is 0 Å². The fraction of sp³-hybridized carbons (Fsp3) is 0.263. The van der Waals surface area contributed by atoms with Gasteiger partial charge in [-0.25, -0.2) is 0 Å². The van der Waals surface area contributed by atoms with Crippen molar-refractivity contribution in [3.8, 4) is 0 Å². The standard InChI is InChI=1S/C19H22N2/c1-15-9-7-10-16(2)19(15)21-17(3)11-8-14-20-18-12-5-4-6-13-18/h4-7,9-10,12-14H,8,11H2,1-3H3. The highest BCUT2D eigenvalue weighted by atomic mass is 14.8. The van der Waals surface area contributed by atoms with Gasteiger partial charge in [-0.05, 0) is 56.9 Å². The Morgan fingerprint density at radius 3 is 2.29 bits per heavy atom. The molecule has 0 spiro atoms. The summed E-state index contributed by atoms with van der Waals surface area (Å²) in [5, 5.41) is 0. The van der Waals surface area contributed by atoms with Crippen LogP contribution < -0.4 is 0 Å². The summed E-state index contributed by atoms with van der Waals surface area (Å²) in [6.45, 7) is 6.30. The molecule has 2 aromatic rings. The number of hydrogen-bond acceptors (Lipinski definition) is 2. The maximum absolute atomic E-state index is 4.76. The molecule has 0 fully saturated rings. The van der Waals surface area contributed by atoms with Gasteiger partial charge in [0.1, 0.15) is 0 Å². The third-order valence-corrected chi connectivity index (χ3v) is 3.37. The maximum atomic E-state index is 4.76. The van der Waals surface area contributed by atoms with E-state index in [-0.39, 0.29) is 0 Å². The van der Waals surface area contributed by atoms with Crippen LogP contribution in [-0.2, 0) is 0 Å². The van der Waals surface area contributed by atoms with E-state index in [0.29, 0.717) is 0 Å². The van der Waals surface area contributed by atoms with Crippen molar-refractivity contribution in [2.24, 2.45) is 9.98 Å². The van der Waals surface area contributed by atoms with Crippen LogP contribution in [0.1, 0.15) is 30.9 Å². The topological polar surface area (TPSA) is 24.7 Å². The molecule has 0 aliphatic carbocycles. The first-order valence-electron chi connectivity index (χ1n) is 7.35.